The highest BCUT2D eigenvalue weighted by molar-refractivity contribution is 9.12. The first-order valence-electron chi connectivity index (χ1n) is 6.05. The molecular weight excluding hydrogens is 448 g/mol. The second kappa shape index (κ2) is 5.19. The van der Waals surface area contributed by atoms with E-state index >= 15 is 0 Å². The van der Waals surface area contributed by atoms with Gasteiger partial charge in [0.15, 0.2) is 0 Å². The van der Waals surface area contributed by atoms with Crippen LogP contribution in [0.3, 0.4) is 0 Å². The normalized spacial score (nSPS) is 14.0. The molecule has 0 aromatic carbocycles. The minimum absolute atomic E-state index is 0.153. The van der Waals surface area contributed by atoms with Crippen molar-refractivity contribution in [1.29, 1.82) is 10.5 Å². The van der Waals surface area contributed by atoms with E-state index in [-0.39, 0.29) is 5.57 Å². The molecule has 104 valence electrons. The molecule has 0 saturated carbocycles. The fourth-order valence-electron chi connectivity index (χ4n) is 2.65. The standard InChI is InChI=1S/C14H8Br2N2S2Si/c1-21(2)11-10(12(15)20-13(11)16)9-4-8(19-14(9)21)3-7(5-17)6-18/h3-4H,1-2H3. The molecule has 0 bridgehead atoms. The zero-order chi connectivity index (χ0) is 15.4. The van der Waals surface area contributed by atoms with Gasteiger partial charge < -0.3 is 0 Å². The molecule has 3 heterocycles. The summed E-state index contributed by atoms with van der Waals surface area (Å²) in [7, 11) is -1.70. The average molecular weight is 456 g/mol. The molecule has 0 aliphatic carbocycles. The third kappa shape index (κ3) is 2.19. The minimum Gasteiger partial charge on any atom is -0.192 e. The van der Waals surface area contributed by atoms with E-state index < -0.39 is 8.07 Å². The summed E-state index contributed by atoms with van der Waals surface area (Å²) < 4.78 is 3.79. The third-order valence-electron chi connectivity index (χ3n) is 3.56. The lowest BCUT2D eigenvalue weighted by atomic mass is 10.2. The second-order valence-electron chi connectivity index (χ2n) is 5.20. The maximum atomic E-state index is 8.90. The molecule has 0 spiro atoms. The molecule has 0 unspecified atom stereocenters. The Kier molecular flexibility index (Phi) is 3.75. The van der Waals surface area contributed by atoms with Crippen LogP contribution in [0.15, 0.2) is 19.2 Å². The molecule has 7 heteroatoms. The van der Waals surface area contributed by atoms with Crippen LogP contribution in [0, 0.1) is 22.7 Å². The molecule has 0 saturated heterocycles. The molecular formula is C14H8Br2N2S2Si. The molecule has 3 rings (SSSR count). The smallest absolute Gasteiger partial charge is 0.131 e. The molecule has 2 aromatic heterocycles. The molecule has 0 fully saturated rings. The highest BCUT2D eigenvalue weighted by atomic mass is 79.9. The van der Waals surface area contributed by atoms with E-state index in [1.807, 2.05) is 12.1 Å². The number of thiophene rings is 2. The largest absolute Gasteiger partial charge is 0.192 e. The molecule has 2 nitrogen and oxygen atoms in total. The van der Waals surface area contributed by atoms with Crippen molar-refractivity contribution in [3.63, 3.8) is 0 Å². The van der Waals surface area contributed by atoms with Gasteiger partial charge in [0.05, 0.1) is 7.57 Å². The first-order valence-corrected chi connectivity index (χ1v) is 12.3. The predicted molar refractivity (Wildman–Crippen MR) is 99.0 cm³/mol. The van der Waals surface area contributed by atoms with Crippen LogP contribution in [0.2, 0.25) is 13.1 Å². The number of nitriles is 2. The van der Waals surface area contributed by atoms with Gasteiger partial charge in [0, 0.05) is 14.9 Å². The van der Waals surface area contributed by atoms with Crippen LogP contribution in [-0.4, -0.2) is 8.07 Å². The molecule has 1 aliphatic heterocycles. The molecule has 0 atom stereocenters. The first-order chi connectivity index (χ1) is 9.90. The van der Waals surface area contributed by atoms with Gasteiger partial charge in [-0.25, -0.2) is 0 Å². The van der Waals surface area contributed by atoms with Crippen LogP contribution in [-0.2, 0) is 0 Å². The van der Waals surface area contributed by atoms with Crippen LogP contribution in [0.25, 0.3) is 17.2 Å². The predicted octanol–water partition coefficient (Wildman–Crippen LogP) is 4.57. The Hall–Kier alpha value is -0.703. The lowest BCUT2D eigenvalue weighted by Crippen LogP contribution is -2.48. The van der Waals surface area contributed by atoms with Crippen molar-refractivity contribution in [2.45, 2.75) is 13.1 Å². The number of nitrogens with zero attached hydrogens (tertiary/aromatic N) is 2. The Balaban J connectivity index is 2.24. The van der Waals surface area contributed by atoms with Crippen LogP contribution in [0.5, 0.6) is 0 Å². The summed E-state index contributed by atoms with van der Waals surface area (Å²) in [5.74, 6) is 0. The van der Waals surface area contributed by atoms with E-state index in [0.717, 1.165) is 8.66 Å². The van der Waals surface area contributed by atoms with E-state index in [2.05, 4.69) is 51.0 Å². The van der Waals surface area contributed by atoms with E-state index in [9.17, 15) is 0 Å². The maximum absolute atomic E-state index is 8.90. The topological polar surface area (TPSA) is 47.6 Å². The molecule has 21 heavy (non-hydrogen) atoms. The fraction of sp³-hybridized carbons (Fsp3) is 0.143. The monoisotopic (exact) mass is 454 g/mol. The number of rotatable bonds is 1. The number of fused-ring (bicyclic) bond motifs is 3. The Morgan fingerprint density at radius 3 is 2.48 bits per heavy atom. The summed E-state index contributed by atoms with van der Waals surface area (Å²) in [6.07, 6.45) is 1.68. The van der Waals surface area contributed by atoms with Gasteiger partial charge in [-0.2, -0.15) is 10.5 Å². The lowest BCUT2D eigenvalue weighted by molar-refractivity contribution is 1.47. The number of allylic oxidation sites excluding steroid dienone is 1. The lowest BCUT2D eigenvalue weighted by Gasteiger charge is -2.16. The van der Waals surface area contributed by atoms with Gasteiger partial charge in [-0.05, 0) is 54.8 Å². The Bertz CT molecular complexity index is 862. The molecule has 0 radical (unpaired) electrons. The SMILES string of the molecule is C[Si]1(C)c2sc(C=C(C#N)C#N)cc2-c2c(Br)sc(Br)c21. The molecule has 0 N–H and O–H groups in total. The zero-order valence-corrected chi connectivity index (χ0v) is 16.9. The van der Waals surface area contributed by atoms with Crippen molar-refractivity contribution in [2.24, 2.45) is 0 Å². The van der Waals surface area contributed by atoms with Gasteiger partial charge in [-0.1, -0.05) is 13.1 Å². The van der Waals surface area contributed by atoms with Crippen LogP contribution < -0.4 is 9.69 Å². The Labute approximate surface area is 148 Å². The van der Waals surface area contributed by atoms with E-state index in [1.165, 1.54) is 24.6 Å². The Morgan fingerprint density at radius 1 is 1.19 bits per heavy atom. The number of halogens is 2. The van der Waals surface area contributed by atoms with Crippen LogP contribution >= 0.6 is 54.5 Å². The fourth-order valence-corrected chi connectivity index (χ4v) is 13.3. The third-order valence-corrected chi connectivity index (χ3v) is 12.5. The summed E-state index contributed by atoms with van der Waals surface area (Å²) in [5, 5.41) is 19.3. The molecule has 2 aromatic rings. The summed E-state index contributed by atoms with van der Waals surface area (Å²) in [6.45, 7) is 4.70. The van der Waals surface area contributed by atoms with E-state index in [0.29, 0.717) is 0 Å². The summed E-state index contributed by atoms with van der Waals surface area (Å²) in [5.41, 5.74) is 2.71. The van der Waals surface area contributed by atoms with Gasteiger partial charge in [0.1, 0.15) is 25.8 Å². The zero-order valence-electron chi connectivity index (χ0n) is 11.1. The summed E-state index contributed by atoms with van der Waals surface area (Å²) >= 11 is 10.8. The number of hydrogen-bond acceptors (Lipinski definition) is 4. The van der Waals surface area contributed by atoms with Gasteiger partial charge in [-0.15, -0.1) is 22.7 Å². The quantitative estimate of drug-likeness (QED) is 0.467. The summed E-state index contributed by atoms with van der Waals surface area (Å²) in [6, 6.07) is 5.96. The Morgan fingerprint density at radius 2 is 1.86 bits per heavy atom. The molecule has 1 aliphatic rings. The van der Waals surface area contributed by atoms with Crippen molar-refractivity contribution in [3.05, 3.63) is 24.1 Å². The van der Waals surface area contributed by atoms with Crippen LogP contribution in [0.1, 0.15) is 4.88 Å². The number of hydrogen-bond donors (Lipinski definition) is 0. The average Bonchev–Trinajstić information content (AvgIpc) is 3.02. The summed E-state index contributed by atoms with van der Waals surface area (Å²) in [4.78, 5) is 0.985. The van der Waals surface area contributed by atoms with Gasteiger partial charge in [-0.3, -0.25) is 0 Å². The van der Waals surface area contributed by atoms with Crippen molar-refractivity contribution >= 4 is 78.4 Å². The van der Waals surface area contributed by atoms with Crippen molar-refractivity contribution in [2.75, 3.05) is 0 Å². The van der Waals surface area contributed by atoms with E-state index in [4.69, 9.17) is 10.5 Å². The van der Waals surface area contributed by atoms with Gasteiger partial charge >= 0.3 is 0 Å². The van der Waals surface area contributed by atoms with Gasteiger partial charge in [0.25, 0.3) is 0 Å². The highest BCUT2D eigenvalue weighted by Crippen LogP contribution is 2.44. The molecule has 0 amide bonds. The van der Waals surface area contributed by atoms with E-state index in [1.54, 1.807) is 28.7 Å². The minimum atomic E-state index is -1.70. The van der Waals surface area contributed by atoms with Gasteiger partial charge in [0.2, 0.25) is 0 Å². The van der Waals surface area contributed by atoms with Crippen molar-refractivity contribution in [3.8, 4) is 23.3 Å². The van der Waals surface area contributed by atoms with Crippen molar-refractivity contribution < 1.29 is 0 Å². The highest BCUT2D eigenvalue weighted by Gasteiger charge is 2.43. The maximum Gasteiger partial charge on any atom is 0.131 e. The first kappa shape index (κ1) is 15.2. The second-order valence-corrected chi connectivity index (χ2v) is 14.6. The van der Waals surface area contributed by atoms with Crippen molar-refractivity contribution in [1.82, 2.24) is 0 Å². The van der Waals surface area contributed by atoms with Crippen LogP contribution in [0.4, 0.5) is 0 Å².